The van der Waals surface area contributed by atoms with Crippen LogP contribution in [0.25, 0.3) is 0 Å². The molecule has 5 nitrogen and oxygen atoms in total. The molecule has 5 heteroatoms. The fourth-order valence-electron chi connectivity index (χ4n) is 3.52. The summed E-state index contributed by atoms with van der Waals surface area (Å²) < 4.78 is 0. The van der Waals surface area contributed by atoms with Crippen molar-refractivity contribution in [2.45, 2.75) is 58.9 Å². The Hall–Kier alpha value is -1.39. The molecule has 2 unspecified atom stereocenters. The molecule has 0 aromatic rings. The van der Waals surface area contributed by atoms with Gasteiger partial charge in [0.25, 0.3) is 0 Å². The molecular weight excluding hydrogens is 256 g/mol. The van der Waals surface area contributed by atoms with Crippen LogP contribution in [0.5, 0.6) is 0 Å². The molecule has 1 N–H and O–H groups in total. The molecule has 2 aliphatic rings. The molecule has 0 spiro atoms. The molecule has 1 saturated carbocycles. The molecule has 1 heterocycles. The predicted molar refractivity (Wildman–Crippen MR) is 74.7 cm³/mol. The highest BCUT2D eigenvalue weighted by Gasteiger charge is 2.46. The topological polar surface area (TPSA) is 66.5 Å². The lowest BCUT2D eigenvalue weighted by Crippen LogP contribution is -2.61. The molecule has 4 amide bonds. The minimum Gasteiger partial charge on any atom is -0.277 e. The van der Waals surface area contributed by atoms with Crippen LogP contribution in [-0.4, -0.2) is 28.8 Å². The van der Waals surface area contributed by atoms with E-state index in [1.165, 1.54) is 4.90 Å². The summed E-state index contributed by atoms with van der Waals surface area (Å²) in [7, 11) is 0. The van der Waals surface area contributed by atoms with Crippen LogP contribution in [-0.2, 0) is 9.59 Å². The number of hydrogen-bond donors (Lipinski definition) is 1. The zero-order valence-corrected chi connectivity index (χ0v) is 12.5. The predicted octanol–water partition coefficient (Wildman–Crippen LogP) is 2.31. The first-order chi connectivity index (χ1) is 9.41. The van der Waals surface area contributed by atoms with Crippen LogP contribution in [0.1, 0.15) is 52.9 Å². The van der Waals surface area contributed by atoms with Crippen molar-refractivity contribution in [3.05, 3.63) is 0 Å². The largest absolute Gasteiger partial charge is 0.331 e. The van der Waals surface area contributed by atoms with Gasteiger partial charge in [0.05, 0.1) is 0 Å². The number of rotatable bonds is 4. The summed E-state index contributed by atoms with van der Waals surface area (Å²) in [6.45, 7) is 5.99. The molecule has 0 radical (unpaired) electrons. The van der Waals surface area contributed by atoms with Gasteiger partial charge >= 0.3 is 6.03 Å². The second kappa shape index (κ2) is 5.94. The van der Waals surface area contributed by atoms with E-state index >= 15 is 0 Å². The van der Waals surface area contributed by atoms with Crippen molar-refractivity contribution in [1.29, 1.82) is 0 Å². The van der Waals surface area contributed by atoms with Crippen molar-refractivity contribution in [2.75, 3.05) is 0 Å². The van der Waals surface area contributed by atoms with Crippen LogP contribution in [0.2, 0.25) is 0 Å². The van der Waals surface area contributed by atoms with Gasteiger partial charge in [0.1, 0.15) is 5.92 Å². The van der Waals surface area contributed by atoms with Gasteiger partial charge < -0.3 is 0 Å². The Bertz CT molecular complexity index is 413. The van der Waals surface area contributed by atoms with E-state index in [-0.39, 0.29) is 17.9 Å². The first-order valence-corrected chi connectivity index (χ1v) is 7.59. The molecule has 2 fully saturated rings. The average Bonchev–Trinajstić information content (AvgIpc) is 2.80. The van der Waals surface area contributed by atoms with Crippen molar-refractivity contribution in [3.8, 4) is 0 Å². The van der Waals surface area contributed by atoms with E-state index < -0.39 is 17.9 Å². The Labute approximate surface area is 120 Å². The van der Waals surface area contributed by atoms with Gasteiger partial charge in [0.15, 0.2) is 0 Å². The van der Waals surface area contributed by atoms with Gasteiger partial charge in [-0.3, -0.25) is 19.8 Å². The smallest absolute Gasteiger partial charge is 0.277 e. The van der Waals surface area contributed by atoms with E-state index in [0.29, 0.717) is 5.92 Å². The van der Waals surface area contributed by atoms with Gasteiger partial charge in [0, 0.05) is 6.04 Å². The molecule has 0 aromatic carbocycles. The average molecular weight is 280 g/mol. The number of urea groups is 1. The standard InChI is InChI=1S/C15H24N2O3/c1-9(2)8-10(3)17-14(19)12(11-6-4-5-7-11)13(18)16-15(17)20/h9-12H,4-8H2,1-3H3,(H,16,18,20). The zero-order valence-electron chi connectivity index (χ0n) is 12.5. The van der Waals surface area contributed by atoms with E-state index in [2.05, 4.69) is 19.2 Å². The normalized spacial score (nSPS) is 26.3. The summed E-state index contributed by atoms with van der Waals surface area (Å²) in [5.41, 5.74) is 0. The quantitative estimate of drug-likeness (QED) is 0.804. The summed E-state index contributed by atoms with van der Waals surface area (Å²) in [5, 5.41) is 2.37. The second-order valence-corrected chi connectivity index (χ2v) is 6.50. The van der Waals surface area contributed by atoms with Crippen LogP contribution in [0.15, 0.2) is 0 Å². The molecule has 20 heavy (non-hydrogen) atoms. The van der Waals surface area contributed by atoms with Crippen molar-refractivity contribution in [2.24, 2.45) is 17.8 Å². The number of hydrogen-bond acceptors (Lipinski definition) is 3. The summed E-state index contributed by atoms with van der Waals surface area (Å²) >= 11 is 0. The van der Waals surface area contributed by atoms with Crippen molar-refractivity contribution in [1.82, 2.24) is 10.2 Å². The van der Waals surface area contributed by atoms with Crippen molar-refractivity contribution in [3.63, 3.8) is 0 Å². The maximum Gasteiger partial charge on any atom is 0.331 e. The van der Waals surface area contributed by atoms with E-state index in [1.807, 2.05) is 6.92 Å². The van der Waals surface area contributed by atoms with Crippen LogP contribution in [0.4, 0.5) is 4.79 Å². The first kappa shape index (κ1) is 15.0. The minimum atomic E-state index is -0.662. The highest BCUT2D eigenvalue weighted by molar-refractivity contribution is 6.16. The monoisotopic (exact) mass is 280 g/mol. The second-order valence-electron chi connectivity index (χ2n) is 6.50. The molecule has 0 aromatic heterocycles. The molecule has 2 atom stereocenters. The van der Waals surface area contributed by atoms with Gasteiger partial charge in [-0.25, -0.2) is 4.79 Å². The third kappa shape index (κ3) is 2.86. The lowest BCUT2D eigenvalue weighted by atomic mass is 9.87. The van der Waals surface area contributed by atoms with Gasteiger partial charge in [0.2, 0.25) is 11.8 Å². The lowest BCUT2D eigenvalue weighted by molar-refractivity contribution is -0.146. The van der Waals surface area contributed by atoms with Crippen molar-refractivity contribution < 1.29 is 14.4 Å². The molecule has 1 saturated heterocycles. The molecule has 112 valence electrons. The summed E-state index contributed by atoms with van der Waals surface area (Å²) in [4.78, 5) is 37.9. The summed E-state index contributed by atoms with van der Waals surface area (Å²) in [5.74, 6) is -0.860. The lowest BCUT2D eigenvalue weighted by Gasteiger charge is -2.36. The number of nitrogens with zero attached hydrogens (tertiary/aromatic N) is 1. The molecule has 1 aliphatic heterocycles. The number of imide groups is 2. The number of carbonyl (C=O) groups is 3. The molecular formula is C15H24N2O3. The fraction of sp³-hybridized carbons (Fsp3) is 0.800. The SMILES string of the molecule is CC(C)CC(C)N1C(=O)NC(=O)C(C2CCCC2)C1=O. The Morgan fingerprint density at radius 1 is 1.15 bits per heavy atom. The molecule has 1 aliphatic carbocycles. The first-order valence-electron chi connectivity index (χ1n) is 7.59. The molecule has 0 bridgehead atoms. The van der Waals surface area contributed by atoms with Crippen LogP contribution in [0, 0.1) is 17.8 Å². The van der Waals surface area contributed by atoms with E-state index in [0.717, 1.165) is 32.1 Å². The Kier molecular flexibility index (Phi) is 4.45. The fourth-order valence-corrected chi connectivity index (χ4v) is 3.52. The van der Waals surface area contributed by atoms with Gasteiger partial charge in [-0.1, -0.05) is 26.7 Å². The number of amides is 4. The van der Waals surface area contributed by atoms with Crippen LogP contribution in [0.3, 0.4) is 0 Å². The maximum atomic E-state index is 12.6. The van der Waals surface area contributed by atoms with Crippen LogP contribution >= 0.6 is 0 Å². The minimum absolute atomic E-state index is 0.101. The third-order valence-corrected chi connectivity index (χ3v) is 4.36. The Morgan fingerprint density at radius 3 is 2.30 bits per heavy atom. The maximum absolute atomic E-state index is 12.6. The van der Waals surface area contributed by atoms with E-state index in [4.69, 9.17) is 0 Å². The molecule has 2 rings (SSSR count). The highest BCUT2D eigenvalue weighted by Crippen LogP contribution is 2.34. The van der Waals surface area contributed by atoms with Gasteiger partial charge in [-0.05, 0) is 38.0 Å². The number of carbonyl (C=O) groups excluding carboxylic acids is 3. The van der Waals surface area contributed by atoms with E-state index in [9.17, 15) is 14.4 Å². The van der Waals surface area contributed by atoms with Crippen molar-refractivity contribution >= 4 is 17.8 Å². The summed E-state index contributed by atoms with van der Waals surface area (Å²) in [6.07, 6.45) is 4.70. The highest BCUT2D eigenvalue weighted by atomic mass is 16.2. The zero-order chi connectivity index (χ0) is 14.9. The Balaban J connectivity index is 2.17. The Morgan fingerprint density at radius 2 is 1.75 bits per heavy atom. The third-order valence-electron chi connectivity index (χ3n) is 4.36. The number of nitrogens with one attached hydrogen (secondary N) is 1. The van der Waals surface area contributed by atoms with E-state index in [1.54, 1.807) is 0 Å². The van der Waals surface area contributed by atoms with Gasteiger partial charge in [-0.2, -0.15) is 0 Å². The number of barbiturate groups is 1. The van der Waals surface area contributed by atoms with Crippen LogP contribution < -0.4 is 5.32 Å². The van der Waals surface area contributed by atoms with Gasteiger partial charge in [-0.15, -0.1) is 0 Å². The summed E-state index contributed by atoms with van der Waals surface area (Å²) in [6, 6.07) is -0.720.